The zero-order valence-electron chi connectivity index (χ0n) is 10.6. The lowest BCUT2D eigenvalue weighted by Gasteiger charge is -2.13. The van der Waals surface area contributed by atoms with E-state index in [0.717, 1.165) is 5.56 Å². The molecule has 1 rings (SSSR count). The van der Waals surface area contributed by atoms with E-state index in [0.29, 0.717) is 19.3 Å². The second kappa shape index (κ2) is 7.48. The number of carbonyl (C=O) groups excluding carboxylic acids is 1. The number of aliphatic carboxylic acids is 1. The number of rotatable bonds is 7. The van der Waals surface area contributed by atoms with Crippen molar-refractivity contribution in [3.05, 3.63) is 35.9 Å². The fraction of sp³-hybridized carbons (Fsp3) is 0.429. The Morgan fingerprint density at radius 1 is 1.28 bits per heavy atom. The highest BCUT2D eigenvalue weighted by molar-refractivity contribution is 5.78. The summed E-state index contributed by atoms with van der Waals surface area (Å²) in [5.74, 6) is -0.818. The molecule has 0 spiro atoms. The van der Waals surface area contributed by atoms with Gasteiger partial charge in [0, 0.05) is 12.5 Å². The average Bonchev–Trinajstić information content (AvgIpc) is 2.29. The molecule has 0 saturated carbocycles. The lowest BCUT2D eigenvalue weighted by molar-refractivity contribution is -0.137. The number of benzene rings is 1. The van der Waals surface area contributed by atoms with E-state index in [4.69, 9.17) is 5.11 Å². The first-order chi connectivity index (χ1) is 8.58. The number of carbonyl (C=O) groups is 2. The van der Waals surface area contributed by atoms with Crippen LogP contribution in [-0.4, -0.2) is 23.0 Å². The minimum atomic E-state index is -0.794. The van der Waals surface area contributed by atoms with Gasteiger partial charge in [0.05, 0.1) is 6.42 Å². The first-order valence-electron chi connectivity index (χ1n) is 6.13. The maximum atomic E-state index is 11.7. The molecule has 0 fully saturated rings. The van der Waals surface area contributed by atoms with Crippen molar-refractivity contribution in [3.63, 3.8) is 0 Å². The van der Waals surface area contributed by atoms with E-state index >= 15 is 0 Å². The number of carboxylic acid groups (broad SMARTS) is 1. The Kier molecular flexibility index (Phi) is 5.91. The number of carboxylic acids is 1. The van der Waals surface area contributed by atoms with E-state index in [1.165, 1.54) is 0 Å². The molecule has 1 amide bonds. The molecule has 1 aromatic carbocycles. The fourth-order valence-electron chi connectivity index (χ4n) is 1.74. The topological polar surface area (TPSA) is 66.4 Å². The third-order valence-electron chi connectivity index (χ3n) is 2.64. The molecule has 0 heterocycles. The number of hydrogen-bond donors (Lipinski definition) is 2. The zero-order chi connectivity index (χ0) is 13.4. The standard InChI is InChI=1S/C14H19NO3/c1-11(6-5-9-14(17)18)15-13(16)10-12-7-3-2-4-8-12/h2-4,7-8,11H,5-6,9-10H2,1H3,(H,15,16)(H,17,18). The fourth-order valence-corrected chi connectivity index (χ4v) is 1.74. The first-order valence-corrected chi connectivity index (χ1v) is 6.13. The molecular formula is C14H19NO3. The van der Waals surface area contributed by atoms with Crippen LogP contribution in [0.15, 0.2) is 30.3 Å². The van der Waals surface area contributed by atoms with Crippen molar-refractivity contribution < 1.29 is 14.7 Å². The molecule has 1 unspecified atom stereocenters. The smallest absolute Gasteiger partial charge is 0.303 e. The highest BCUT2D eigenvalue weighted by atomic mass is 16.4. The Bertz CT molecular complexity index is 389. The van der Waals surface area contributed by atoms with Gasteiger partial charge in [-0.1, -0.05) is 30.3 Å². The van der Waals surface area contributed by atoms with E-state index in [1.54, 1.807) is 0 Å². The molecule has 0 aliphatic heterocycles. The van der Waals surface area contributed by atoms with Gasteiger partial charge in [-0.3, -0.25) is 9.59 Å². The van der Waals surface area contributed by atoms with Crippen molar-refractivity contribution in [3.8, 4) is 0 Å². The summed E-state index contributed by atoms with van der Waals surface area (Å²) in [5, 5.41) is 11.4. The van der Waals surface area contributed by atoms with Crippen LogP contribution in [-0.2, 0) is 16.0 Å². The van der Waals surface area contributed by atoms with Gasteiger partial charge in [-0.15, -0.1) is 0 Å². The highest BCUT2D eigenvalue weighted by Gasteiger charge is 2.08. The quantitative estimate of drug-likeness (QED) is 0.776. The SMILES string of the molecule is CC(CCCC(=O)O)NC(=O)Cc1ccccc1. The molecule has 0 aromatic heterocycles. The highest BCUT2D eigenvalue weighted by Crippen LogP contribution is 2.03. The van der Waals surface area contributed by atoms with Gasteiger partial charge in [0.15, 0.2) is 0 Å². The van der Waals surface area contributed by atoms with E-state index in [2.05, 4.69) is 5.32 Å². The lowest BCUT2D eigenvalue weighted by Crippen LogP contribution is -2.33. The van der Waals surface area contributed by atoms with Gasteiger partial charge in [0.25, 0.3) is 0 Å². The normalized spacial score (nSPS) is 11.8. The van der Waals surface area contributed by atoms with Crippen LogP contribution < -0.4 is 5.32 Å². The molecule has 4 nitrogen and oxygen atoms in total. The largest absolute Gasteiger partial charge is 0.481 e. The molecule has 98 valence electrons. The van der Waals surface area contributed by atoms with Gasteiger partial charge in [-0.25, -0.2) is 0 Å². The van der Waals surface area contributed by atoms with Crippen molar-refractivity contribution in [2.45, 2.75) is 38.6 Å². The van der Waals surface area contributed by atoms with Gasteiger partial charge in [-0.05, 0) is 25.3 Å². The maximum Gasteiger partial charge on any atom is 0.303 e. The molecule has 2 N–H and O–H groups in total. The third-order valence-corrected chi connectivity index (χ3v) is 2.64. The second-order valence-corrected chi connectivity index (χ2v) is 4.42. The van der Waals surface area contributed by atoms with Crippen molar-refractivity contribution in [1.29, 1.82) is 0 Å². The molecule has 0 aliphatic rings. The Morgan fingerprint density at radius 2 is 1.94 bits per heavy atom. The van der Waals surface area contributed by atoms with Crippen molar-refractivity contribution in [2.24, 2.45) is 0 Å². The second-order valence-electron chi connectivity index (χ2n) is 4.42. The Hall–Kier alpha value is -1.84. The van der Waals surface area contributed by atoms with Crippen LogP contribution in [0.5, 0.6) is 0 Å². The first kappa shape index (κ1) is 14.2. The molecule has 1 aromatic rings. The van der Waals surface area contributed by atoms with E-state index in [9.17, 15) is 9.59 Å². The molecule has 0 aliphatic carbocycles. The van der Waals surface area contributed by atoms with E-state index in [1.807, 2.05) is 37.3 Å². The summed E-state index contributed by atoms with van der Waals surface area (Å²) in [7, 11) is 0. The van der Waals surface area contributed by atoms with Gasteiger partial charge < -0.3 is 10.4 Å². The molecule has 18 heavy (non-hydrogen) atoms. The predicted molar refractivity (Wildman–Crippen MR) is 69.2 cm³/mol. The summed E-state index contributed by atoms with van der Waals surface area (Å²) >= 11 is 0. The van der Waals surface area contributed by atoms with E-state index in [-0.39, 0.29) is 18.4 Å². The molecule has 1 atom stereocenters. The molecule has 4 heteroatoms. The number of amides is 1. The monoisotopic (exact) mass is 249 g/mol. The predicted octanol–water partition coefficient (Wildman–Crippen LogP) is 1.99. The summed E-state index contributed by atoms with van der Waals surface area (Å²) in [4.78, 5) is 22.0. The summed E-state index contributed by atoms with van der Waals surface area (Å²) in [6, 6.07) is 9.55. The van der Waals surface area contributed by atoms with Crippen LogP contribution >= 0.6 is 0 Å². The van der Waals surface area contributed by atoms with Crippen LogP contribution in [0.25, 0.3) is 0 Å². The lowest BCUT2D eigenvalue weighted by atomic mass is 10.1. The zero-order valence-corrected chi connectivity index (χ0v) is 10.6. The summed E-state index contributed by atoms with van der Waals surface area (Å²) in [6.45, 7) is 1.89. The Balaban J connectivity index is 2.25. The number of hydrogen-bond acceptors (Lipinski definition) is 2. The van der Waals surface area contributed by atoms with Crippen molar-refractivity contribution in [2.75, 3.05) is 0 Å². The average molecular weight is 249 g/mol. The molecule has 0 radical (unpaired) electrons. The summed E-state index contributed by atoms with van der Waals surface area (Å²) in [5.41, 5.74) is 0.979. The maximum absolute atomic E-state index is 11.7. The van der Waals surface area contributed by atoms with Crippen LogP contribution in [0.1, 0.15) is 31.7 Å². The van der Waals surface area contributed by atoms with Crippen LogP contribution in [0.4, 0.5) is 0 Å². The van der Waals surface area contributed by atoms with Crippen LogP contribution in [0.3, 0.4) is 0 Å². The number of nitrogens with one attached hydrogen (secondary N) is 1. The van der Waals surface area contributed by atoms with E-state index < -0.39 is 5.97 Å². The summed E-state index contributed by atoms with van der Waals surface area (Å²) < 4.78 is 0. The third kappa shape index (κ3) is 6.03. The molecular weight excluding hydrogens is 230 g/mol. The summed E-state index contributed by atoms with van der Waals surface area (Å²) in [6.07, 6.45) is 1.79. The minimum Gasteiger partial charge on any atom is -0.481 e. The van der Waals surface area contributed by atoms with Gasteiger partial charge >= 0.3 is 5.97 Å². The Labute approximate surface area is 107 Å². The molecule has 0 bridgehead atoms. The van der Waals surface area contributed by atoms with Crippen LogP contribution in [0.2, 0.25) is 0 Å². The van der Waals surface area contributed by atoms with Crippen LogP contribution in [0, 0.1) is 0 Å². The van der Waals surface area contributed by atoms with Gasteiger partial charge in [0.1, 0.15) is 0 Å². The molecule has 0 saturated heterocycles. The van der Waals surface area contributed by atoms with Crippen molar-refractivity contribution in [1.82, 2.24) is 5.32 Å². The van der Waals surface area contributed by atoms with Gasteiger partial charge in [0.2, 0.25) is 5.91 Å². The van der Waals surface area contributed by atoms with Crippen molar-refractivity contribution >= 4 is 11.9 Å². The van der Waals surface area contributed by atoms with Gasteiger partial charge in [-0.2, -0.15) is 0 Å². The minimum absolute atomic E-state index is 0.0144. The Morgan fingerprint density at radius 3 is 2.56 bits per heavy atom.